The van der Waals surface area contributed by atoms with Gasteiger partial charge in [-0.3, -0.25) is 13.9 Å². The third-order valence-electron chi connectivity index (χ3n) is 4.78. The first-order chi connectivity index (χ1) is 14.2. The minimum Gasteiger partial charge on any atom is -0.280 e. The van der Waals surface area contributed by atoms with Gasteiger partial charge in [-0.25, -0.2) is 9.78 Å². The van der Waals surface area contributed by atoms with E-state index in [1.165, 1.54) is 19.2 Å². The third-order valence-corrected chi connectivity index (χ3v) is 4.78. The van der Waals surface area contributed by atoms with E-state index in [4.69, 9.17) is 0 Å². The van der Waals surface area contributed by atoms with E-state index in [-0.39, 0.29) is 16.6 Å². The second kappa shape index (κ2) is 6.88. The topological polar surface area (TPSA) is 56.9 Å². The molecule has 30 heavy (non-hydrogen) atoms. The number of aryl methyl sites for hydroxylation is 1. The average Bonchev–Trinajstić information content (AvgIpc) is 2.73. The van der Waals surface area contributed by atoms with Crippen LogP contribution in [0, 0.1) is 11.8 Å². The van der Waals surface area contributed by atoms with E-state index < -0.39 is 28.4 Å². The van der Waals surface area contributed by atoms with E-state index in [0.29, 0.717) is 15.7 Å². The largest absolute Gasteiger partial charge is 0.417 e. The summed E-state index contributed by atoms with van der Waals surface area (Å²) in [5.41, 5.74) is -2.15. The molecule has 5 nitrogen and oxygen atoms in total. The van der Waals surface area contributed by atoms with Gasteiger partial charge in [0, 0.05) is 30.6 Å². The van der Waals surface area contributed by atoms with Crippen LogP contribution in [-0.2, 0) is 20.3 Å². The standard InChI is InChI=1S/C22H14F3N3O2/c1-27-19-17(20(29)28(2)21(27)30)18(22(23,24)25)15-12-14(10-11-16(15)26-19)9-8-13-6-4-3-5-7-13/h3-7,10-12H,1-2H3. The summed E-state index contributed by atoms with van der Waals surface area (Å²) in [4.78, 5) is 28.9. The molecule has 4 rings (SSSR count). The van der Waals surface area contributed by atoms with E-state index >= 15 is 0 Å². The maximum absolute atomic E-state index is 14.1. The van der Waals surface area contributed by atoms with E-state index in [0.717, 1.165) is 11.6 Å². The van der Waals surface area contributed by atoms with Gasteiger partial charge < -0.3 is 0 Å². The Morgan fingerprint density at radius 2 is 1.57 bits per heavy atom. The molecule has 0 saturated carbocycles. The van der Waals surface area contributed by atoms with E-state index in [1.54, 1.807) is 18.2 Å². The van der Waals surface area contributed by atoms with Crippen LogP contribution in [0.5, 0.6) is 0 Å². The molecular weight excluding hydrogens is 395 g/mol. The second-order valence-corrected chi connectivity index (χ2v) is 6.74. The summed E-state index contributed by atoms with van der Waals surface area (Å²) < 4.78 is 43.8. The predicted molar refractivity (Wildman–Crippen MR) is 107 cm³/mol. The minimum absolute atomic E-state index is 0.0170. The minimum atomic E-state index is -4.84. The molecule has 2 aromatic carbocycles. The van der Waals surface area contributed by atoms with Crippen LogP contribution in [0.1, 0.15) is 16.7 Å². The van der Waals surface area contributed by atoms with Gasteiger partial charge in [0.25, 0.3) is 5.56 Å². The first-order valence-electron chi connectivity index (χ1n) is 8.86. The molecule has 0 spiro atoms. The lowest BCUT2D eigenvalue weighted by molar-refractivity contribution is -0.135. The number of halogens is 3. The van der Waals surface area contributed by atoms with Crippen molar-refractivity contribution in [2.45, 2.75) is 6.18 Å². The van der Waals surface area contributed by atoms with Crippen LogP contribution in [-0.4, -0.2) is 14.1 Å². The van der Waals surface area contributed by atoms with Crippen molar-refractivity contribution in [1.29, 1.82) is 0 Å². The highest BCUT2D eigenvalue weighted by Crippen LogP contribution is 2.38. The van der Waals surface area contributed by atoms with Crippen LogP contribution in [0.15, 0.2) is 58.1 Å². The van der Waals surface area contributed by atoms with E-state index in [9.17, 15) is 22.8 Å². The lowest BCUT2D eigenvalue weighted by Gasteiger charge is -2.15. The zero-order chi connectivity index (χ0) is 21.6. The monoisotopic (exact) mass is 409 g/mol. The van der Waals surface area contributed by atoms with Crippen molar-refractivity contribution in [2.24, 2.45) is 14.1 Å². The fourth-order valence-electron chi connectivity index (χ4n) is 3.30. The summed E-state index contributed by atoms with van der Waals surface area (Å²) in [6.07, 6.45) is -4.84. The van der Waals surface area contributed by atoms with Crippen molar-refractivity contribution >= 4 is 21.9 Å². The van der Waals surface area contributed by atoms with Gasteiger partial charge in [-0.1, -0.05) is 30.0 Å². The molecule has 8 heteroatoms. The Hall–Kier alpha value is -3.86. The summed E-state index contributed by atoms with van der Waals surface area (Å²) in [5.74, 6) is 5.74. The predicted octanol–water partition coefficient (Wildman–Crippen LogP) is 3.20. The normalized spacial score (nSPS) is 11.5. The highest BCUT2D eigenvalue weighted by Gasteiger charge is 2.37. The number of nitrogens with zero attached hydrogens (tertiary/aromatic N) is 3. The van der Waals surface area contributed by atoms with Gasteiger partial charge in [0.05, 0.1) is 16.5 Å². The van der Waals surface area contributed by atoms with E-state index in [2.05, 4.69) is 16.8 Å². The van der Waals surface area contributed by atoms with Crippen molar-refractivity contribution < 1.29 is 13.2 Å². The van der Waals surface area contributed by atoms with Crippen LogP contribution >= 0.6 is 0 Å². The lowest BCUT2D eigenvalue weighted by atomic mass is 10.0. The van der Waals surface area contributed by atoms with Crippen LogP contribution in [0.3, 0.4) is 0 Å². The Morgan fingerprint density at radius 3 is 2.23 bits per heavy atom. The Labute approximate surface area is 168 Å². The van der Waals surface area contributed by atoms with Crippen molar-refractivity contribution in [3.8, 4) is 11.8 Å². The Morgan fingerprint density at radius 1 is 0.900 bits per heavy atom. The Balaban J connectivity index is 2.10. The number of rotatable bonds is 0. The lowest BCUT2D eigenvalue weighted by Crippen LogP contribution is -2.38. The first-order valence-corrected chi connectivity index (χ1v) is 8.86. The summed E-state index contributed by atoms with van der Waals surface area (Å²) in [6.45, 7) is 0. The quantitative estimate of drug-likeness (QED) is 0.331. The van der Waals surface area contributed by atoms with Gasteiger partial charge in [-0.2, -0.15) is 13.2 Å². The van der Waals surface area contributed by atoms with Gasteiger partial charge in [0.15, 0.2) is 5.65 Å². The summed E-state index contributed by atoms with van der Waals surface area (Å²) in [7, 11) is 2.42. The fourth-order valence-corrected chi connectivity index (χ4v) is 3.30. The van der Waals surface area contributed by atoms with Crippen LogP contribution in [0.4, 0.5) is 13.2 Å². The molecule has 0 unspecified atom stereocenters. The summed E-state index contributed by atoms with van der Waals surface area (Å²) in [6, 6.07) is 13.2. The highest BCUT2D eigenvalue weighted by atomic mass is 19.4. The zero-order valence-electron chi connectivity index (χ0n) is 15.9. The van der Waals surface area contributed by atoms with Crippen molar-refractivity contribution in [3.05, 3.63) is 86.1 Å². The van der Waals surface area contributed by atoms with Gasteiger partial charge in [0.1, 0.15) is 0 Å². The third kappa shape index (κ3) is 3.14. The smallest absolute Gasteiger partial charge is 0.280 e. The van der Waals surface area contributed by atoms with Crippen LogP contribution < -0.4 is 11.2 Å². The number of alkyl halides is 3. The molecule has 0 bridgehead atoms. The molecule has 4 aromatic rings. The first kappa shape index (κ1) is 19.5. The molecule has 0 fully saturated rings. The molecule has 0 aliphatic carbocycles. The maximum atomic E-state index is 14.1. The number of benzene rings is 2. The van der Waals surface area contributed by atoms with Gasteiger partial charge in [-0.05, 0) is 30.3 Å². The zero-order valence-corrected chi connectivity index (χ0v) is 15.9. The maximum Gasteiger partial charge on any atom is 0.417 e. The van der Waals surface area contributed by atoms with E-state index in [1.807, 2.05) is 18.2 Å². The van der Waals surface area contributed by atoms with Gasteiger partial charge in [0.2, 0.25) is 0 Å². The summed E-state index contributed by atoms with van der Waals surface area (Å²) >= 11 is 0. The number of aromatic nitrogens is 3. The van der Waals surface area contributed by atoms with Gasteiger partial charge >= 0.3 is 11.9 Å². The molecule has 0 N–H and O–H groups in total. The van der Waals surface area contributed by atoms with Crippen molar-refractivity contribution in [1.82, 2.24) is 14.1 Å². The molecule has 0 radical (unpaired) electrons. The molecular formula is C22H14F3N3O2. The SMILES string of the molecule is Cn1c(=O)c2c(C(F)(F)F)c3cc(C#Cc4ccccc4)ccc3nc2n(C)c1=O. The molecule has 2 aromatic heterocycles. The highest BCUT2D eigenvalue weighted by molar-refractivity contribution is 5.97. The molecule has 0 atom stereocenters. The molecule has 2 heterocycles. The fraction of sp³-hybridized carbons (Fsp3) is 0.136. The van der Waals surface area contributed by atoms with Crippen LogP contribution in [0.25, 0.3) is 21.9 Å². The number of hydrogen-bond donors (Lipinski definition) is 0. The summed E-state index contributed by atoms with van der Waals surface area (Å²) in [5, 5.41) is -0.890. The Bertz CT molecular complexity index is 1490. The average molecular weight is 409 g/mol. The van der Waals surface area contributed by atoms with Crippen molar-refractivity contribution in [3.63, 3.8) is 0 Å². The number of pyridine rings is 1. The molecule has 150 valence electrons. The number of hydrogen-bond acceptors (Lipinski definition) is 3. The van der Waals surface area contributed by atoms with Gasteiger partial charge in [-0.15, -0.1) is 0 Å². The number of fused-ring (bicyclic) bond motifs is 2. The Kier molecular flexibility index (Phi) is 4.46. The van der Waals surface area contributed by atoms with Crippen molar-refractivity contribution in [2.75, 3.05) is 0 Å². The molecule has 0 aliphatic heterocycles. The van der Waals surface area contributed by atoms with Crippen LogP contribution in [0.2, 0.25) is 0 Å². The molecule has 0 amide bonds. The molecule has 0 saturated heterocycles. The second-order valence-electron chi connectivity index (χ2n) is 6.74. The molecule has 0 aliphatic rings.